The molecule has 1 aliphatic rings. The summed E-state index contributed by atoms with van der Waals surface area (Å²) < 4.78 is 4.81. The molecule has 10 rings (SSSR count). The van der Waals surface area contributed by atoms with Crippen molar-refractivity contribution in [3.8, 4) is 33.9 Å². The molecule has 0 saturated carbocycles. The Hall–Kier alpha value is -6.52. The fourth-order valence-electron chi connectivity index (χ4n) is 7.71. The van der Waals surface area contributed by atoms with Crippen molar-refractivity contribution in [3.63, 3.8) is 0 Å². The Morgan fingerprint density at radius 3 is 1.38 bits per heavy atom. The van der Waals surface area contributed by atoms with Crippen molar-refractivity contribution in [2.75, 3.05) is 0 Å². The summed E-state index contributed by atoms with van der Waals surface area (Å²) in [6.07, 6.45) is 9.50. The molecule has 9 aromatic rings. The van der Waals surface area contributed by atoms with Crippen LogP contribution >= 0.6 is 0 Å². The van der Waals surface area contributed by atoms with Crippen LogP contribution in [-0.2, 0) is 0 Å². The van der Waals surface area contributed by atoms with Gasteiger partial charge in [-0.2, -0.15) is 0 Å². The quantitative estimate of drug-likeness (QED) is 0.188. The highest BCUT2D eigenvalue weighted by molar-refractivity contribution is 6.10. The number of nitrogens with zero attached hydrogens (tertiary/aromatic N) is 4. The van der Waals surface area contributed by atoms with Gasteiger partial charge in [0.25, 0.3) is 0 Å². The van der Waals surface area contributed by atoms with Gasteiger partial charge in [-0.1, -0.05) is 127 Å². The molecule has 1 atom stereocenters. The molecule has 50 heavy (non-hydrogen) atoms. The maximum atomic E-state index is 5.33. The van der Waals surface area contributed by atoms with Crippen LogP contribution < -0.4 is 0 Å². The van der Waals surface area contributed by atoms with E-state index in [0.717, 1.165) is 46.1 Å². The number of aromatic nitrogens is 4. The van der Waals surface area contributed by atoms with Crippen molar-refractivity contribution in [2.45, 2.75) is 12.3 Å². The first kappa shape index (κ1) is 28.5. The highest BCUT2D eigenvalue weighted by atomic mass is 15.0. The fourth-order valence-corrected chi connectivity index (χ4v) is 7.71. The second kappa shape index (κ2) is 11.6. The van der Waals surface area contributed by atoms with Gasteiger partial charge in [0.05, 0.1) is 33.5 Å². The Morgan fingerprint density at radius 1 is 0.440 bits per heavy atom. The summed E-state index contributed by atoms with van der Waals surface area (Å²) in [5, 5.41) is 4.94. The van der Waals surface area contributed by atoms with Crippen LogP contribution in [0.1, 0.15) is 18.2 Å². The maximum absolute atomic E-state index is 5.33. The van der Waals surface area contributed by atoms with E-state index in [2.05, 4.69) is 179 Å². The first-order chi connectivity index (χ1) is 24.8. The Morgan fingerprint density at radius 2 is 0.900 bits per heavy atom. The molecule has 0 bridgehead atoms. The van der Waals surface area contributed by atoms with E-state index in [1.807, 2.05) is 6.07 Å². The van der Waals surface area contributed by atoms with E-state index in [9.17, 15) is 0 Å². The molecule has 0 fully saturated rings. The molecule has 236 valence electrons. The Labute approximate surface area is 289 Å². The summed E-state index contributed by atoms with van der Waals surface area (Å²) in [6, 6.07) is 54.3. The molecule has 1 aliphatic carbocycles. The van der Waals surface area contributed by atoms with E-state index in [1.165, 1.54) is 43.6 Å². The van der Waals surface area contributed by atoms with E-state index in [0.29, 0.717) is 0 Å². The average molecular weight is 641 g/mol. The van der Waals surface area contributed by atoms with Gasteiger partial charge in [0.1, 0.15) is 5.82 Å². The second-order valence-electron chi connectivity index (χ2n) is 13.0. The summed E-state index contributed by atoms with van der Waals surface area (Å²) in [5.74, 6) is 0.947. The first-order valence-electron chi connectivity index (χ1n) is 17.2. The number of para-hydroxylation sites is 4. The lowest BCUT2D eigenvalue weighted by molar-refractivity contribution is 0.775. The smallest absolute Gasteiger partial charge is 0.136 e. The van der Waals surface area contributed by atoms with Crippen LogP contribution in [0.2, 0.25) is 0 Å². The van der Waals surface area contributed by atoms with Crippen molar-refractivity contribution in [1.82, 2.24) is 19.1 Å². The van der Waals surface area contributed by atoms with Gasteiger partial charge in [0, 0.05) is 50.0 Å². The van der Waals surface area contributed by atoms with Crippen molar-refractivity contribution in [1.29, 1.82) is 0 Å². The van der Waals surface area contributed by atoms with Gasteiger partial charge in [0.15, 0.2) is 0 Å². The van der Waals surface area contributed by atoms with Gasteiger partial charge in [0.2, 0.25) is 0 Å². The minimum absolute atomic E-state index is 0.111. The highest BCUT2D eigenvalue weighted by Gasteiger charge is 2.20. The van der Waals surface area contributed by atoms with Crippen LogP contribution in [0.4, 0.5) is 0 Å². The van der Waals surface area contributed by atoms with E-state index in [1.54, 1.807) is 0 Å². The predicted molar refractivity (Wildman–Crippen MR) is 207 cm³/mol. The molecular formula is C46H32N4. The van der Waals surface area contributed by atoms with E-state index < -0.39 is 0 Å². The number of rotatable bonds is 5. The lowest BCUT2D eigenvalue weighted by Gasteiger charge is -2.18. The first-order valence-corrected chi connectivity index (χ1v) is 17.2. The molecule has 0 aliphatic heterocycles. The lowest BCUT2D eigenvalue weighted by Crippen LogP contribution is -2.06. The molecule has 0 amide bonds. The van der Waals surface area contributed by atoms with Gasteiger partial charge < -0.3 is 9.13 Å². The van der Waals surface area contributed by atoms with Crippen LogP contribution in [0.15, 0.2) is 176 Å². The van der Waals surface area contributed by atoms with Crippen LogP contribution in [0, 0.1) is 0 Å². The molecule has 0 spiro atoms. The second-order valence-corrected chi connectivity index (χ2v) is 13.0. The highest BCUT2D eigenvalue weighted by Crippen LogP contribution is 2.38. The zero-order chi connectivity index (χ0) is 33.0. The van der Waals surface area contributed by atoms with Crippen LogP contribution in [0.25, 0.3) is 77.5 Å². The fraction of sp³-hybridized carbons (Fsp3) is 0.0435. The molecule has 6 aromatic carbocycles. The lowest BCUT2D eigenvalue weighted by atomic mass is 9.98. The van der Waals surface area contributed by atoms with Gasteiger partial charge in [-0.15, -0.1) is 0 Å². The normalized spacial score (nSPS) is 14.4. The molecule has 0 N–H and O–H groups in total. The molecule has 4 heteroatoms. The number of fused-ring (bicyclic) bond motifs is 6. The Balaban J connectivity index is 1.30. The average Bonchev–Trinajstić information content (AvgIpc) is 3.71. The maximum Gasteiger partial charge on any atom is 0.136 e. The third-order valence-electron chi connectivity index (χ3n) is 10.0. The third kappa shape index (κ3) is 4.61. The zero-order valence-corrected chi connectivity index (χ0v) is 27.3. The van der Waals surface area contributed by atoms with Crippen molar-refractivity contribution < 1.29 is 0 Å². The van der Waals surface area contributed by atoms with Gasteiger partial charge in [-0.05, 0) is 55.0 Å². The summed E-state index contributed by atoms with van der Waals surface area (Å²) in [7, 11) is 0. The molecule has 1 unspecified atom stereocenters. The van der Waals surface area contributed by atoms with Gasteiger partial charge >= 0.3 is 0 Å². The third-order valence-corrected chi connectivity index (χ3v) is 10.0. The number of allylic oxidation sites excluding steroid dienone is 4. The van der Waals surface area contributed by atoms with Crippen LogP contribution in [0.3, 0.4) is 0 Å². The van der Waals surface area contributed by atoms with Gasteiger partial charge in [-0.3, -0.25) is 0 Å². The SMILES string of the molecule is C1=CCC(c2nc(-c3ccccc3)cc(-c3cc(-n4c5ccccc5c5ccccc54)cc(-n4c5ccccc5c5ccccc54)c3)n2)C=C1. The summed E-state index contributed by atoms with van der Waals surface area (Å²) in [6.45, 7) is 0. The largest absolute Gasteiger partial charge is 0.309 e. The standard InChI is InChI=1S/C46H32N4/c1-3-15-31(16-4-1)40-30-41(48-46(47-40)32-17-5-2-6-18-32)33-27-34(49-42-23-11-7-19-36(42)37-20-8-12-24-43(37)49)29-35(28-33)50-44-25-13-9-21-38(44)39-22-10-14-26-45(39)50/h1-17,19-30,32H,18H2. The number of benzene rings is 6. The van der Waals surface area contributed by atoms with Crippen molar-refractivity contribution in [2.24, 2.45) is 0 Å². The molecule has 0 saturated heterocycles. The van der Waals surface area contributed by atoms with E-state index in [4.69, 9.17) is 9.97 Å². The zero-order valence-electron chi connectivity index (χ0n) is 27.3. The Kier molecular flexibility index (Phi) is 6.59. The predicted octanol–water partition coefficient (Wildman–Crippen LogP) is 11.6. The van der Waals surface area contributed by atoms with Gasteiger partial charge in [-0.25, -0.2) is 9.97 Å². The minimum atomic E-state index is 0.111. The molecule has 3 heterocycles. The van der Waals surface area contributed by atoms with Crippen LogP contribution in [0.5, 0.6) is 0 Å². The molecule has 4 nitrogen and oxygen atoms in total. The van der Waals surface area contributed by atoms with Crippen molar-refractivity contribution in [3.05, 3.63) is 182 Å². The molecule has 3 aromatic heterocycles. The summed E-state index contributed by atoms with van der Waals surface area (Å²) in [4.78, 5) is 10.5. The molecule has 0 radical (unpaired) electrons. The minimum Gasteiger partial charge on any atom is -0.309 e. The number of hydrogen-bond acceptors (Lipinski definition) is 2. The van der Waals surface area contributed by atoms with Crippen molar-refractivity contribution >= 4 is 43.6 Å². The molecular weight excluding hydrogens is 609 g/mol. The monoisotopic (exact) mass is 640 g/mol. The van der Waals surface area contributed by atoms with E-state index in [-0.39, 0.29) is 5.92 Å². The van der Waals surface area contributed by atoms with Crippen LogP contribution in [-0.4, -0.2) is 19.1 Å². The summed E-state index contributed by atoms with van der Waals surface area (Å²) in [5.41, 5.74) is 10.8. The number of hydrogen-bond donors (Lipinski definition) is 0. The summed E-state index contributed by atoms with van der Waals surface area (Å²) >= 11 is 0. The van der Waals surface area contributed by atoms with E-state index >= 15 is 0 Å². The Bertz CT molecular complexity index is 2560. The topological polar surface area (TPSA) is 35.6 Å².